The Kier molecular flexibility index (Phi) is 3.63. The Morgan fingerprint density at radius 1 is 0.944 bits per heavy atom. The fourth-order valence-corrected chi connectivity index (χ4v) is 1.82. The lowest BCUT2D eigenvalue weighted by Crippen LogP contribution is -2.13. The molecule has 0 N–H and O–H groups in total. The number of hydrogen-bond donors (Lipinski definition) is 0. The summed E-state index contributed by atoms with van der Waals surface area (Å²) in [5, 5.41) is 0. The van der Waals surface area contributed by atoms with Crippen molar-refractivity contribution in [1.29, 1.82) is 0 Å². The zero-order valence-corrected chi connectivity index (χ0v) is 10.6. The third-order valence-corrected chi connectivity index (χ3v) is 3.05. The standard InChI is InChI=1S/C15H11FOS/c1-10-2-4-12(5-3-10)15(18)14(17)11-6-8-13(16)9-7-11/h2-9H,1H3. The summed E-state index contributed by atoms with van der Waals surface area (Å²) in [6.07, 6.45) is 0. The molecule has 0 fully saturated rings. The number of benzene rings is 2. The molecule has 0 spiro atoms. The third-order valence-electron chi connectivity index (χ3n) is 2.63. The van der Waals surface area contributed by atoms with E-state index in [4.69, 9.17) is 12.2 Å². The first-order chi connectivity index (χ1) is 8.58. The second-order valence-electron chi connectivity index (χ2n) is 4.03. The zero-order valence-electron chi connectivity index (χ0n) is 9.81. The number of aryl methyl sites for hydroxylation is 1. The summed E-state index contributed by atoms with van der Waals surface area (Å²) in [7, 11) is 0. The summed E-state index contributed by atoms with van der Waals surface area (Å²) in [4.78, 5) is 12.3. The quantitative estimate of drug-likeness (QED) is 0.616. The van der Waals surface area contributed by atoms with E-state index in [1.165, 1.54) is 24.3 Å². The van der Waals surface area contributed by atoms with Crippen LogP contribution >= 0.6 is 12.2 Å². The van der Waals surface area contributed by atoms with Gasteiger partial charge in [0.1, 0.15) is 5.82 Å². The van der Waals surface area contributed by atoms with Gasteiger partial charge in [0.2, 0.25) is 5.78 Å². The van der Waals surface area contributed by atoms with Crippen LogP contribution in [0.3, 0.4) is 0 Å². The van der Waals surface area contributed by atoms with Gasteiger partial charge in [-0.15, -0.1) is 0 Å². The highest BCUT2D eigenvalue weighted by Gasteiger charge is 2.13. The van der Waals surface area contributed by atoms with E-state index >= 15 is 0 Å². The van der Waals surface area contributed by atoms with Gasteiger partial charge in [-0.05, 0) is 36.8 Å². The van der Waals surface area contributed by atoms with Crippen LogP contribution in [-0.2, 0) is 0 Å². The Morgan fingerprint density at radius 3 is 2.00 bits per heavy atom. The van der Waals surface area contributed by atoms with Crippen molar-refractivity contribution in [2.75, 3.05) is 0 Å². The fraction of sp³-hybridized carbons (Fsp3) is 0.0667. The van der Waals surface area contributed by atoms with Gasteiger partial charge in [0, 0.05) is 5.56 Å². The van der Waals surface area contributed by atoms with Crippen molar-refractivity contribution in [2.45, 2.75) is 6.92 Å². The number of carbonyl (C=O) groups excluding carboxylic acids is 1. The summed E-state index contributed by atoms with van der Waals surface area (Å²) in [6.45, 7) is 1.97. The molecule has 3 heteroatoms. The van der Waals surface area contributed by atoms with Crippen molar-refractivity contribution in [2.24, 2.45) is 0 Å². The van der Waals surface area contributed by atoms with Gasteiger partial charge in [-0.2, -0.15) is 0 Å². The number of rotatable bonds is 3. The molecule has 90 valence electrons. The molecule has 0 aliphatic rings. The van der Waals surface area contributed by atoms with Crippen molar-refractivity contribution in [3.8, 4) is 0 Å². The van der Waals surface area contributed by atoms with E-state index in [0.29, 0.717) is 11.1 Å². The molecule has 2 aromatic carbocycles. The Balaban J connectivity index is 2.26. The smallest absolute Gasteiger partial charge is 0.204 e. The van der Waals surface area contributed by atoms with Crippen molar-refractivity contribution in [1.82, 2.24) is 0 Å². The fourth-order valence-electron chi connectivity index (χ4n) is 1.57. The second-order valence-corrected chi connectivity index (χ2v) is 4.44. The average Bonchev–Trinajstić information content (AvgIpc) is 2.39. The van der Waals surface area contributed by atoms with Crippen LogP contribution in [0.25, 0.3) is 0 Å². The van der Waals surface area contributed by atoms with Crippen molar-refractivity contribution < 1.29 is 9.18 Å². The molecule has 2 rings (SSSR count). The highest BCUT2D eigenvalue weighted by atomic mass is 32.1. The van der Waals surface area contributed by atoms with E-state index in [9.17, 15) is 9.18 Å². The first-order valence-electron chi connectivity index (χ1n) is 5.49. The summed E-state index contributed by atoms with van der Waals surface area (Å²) in [5.41, 5.74) is 2.22. The zero-order chi connectivity index (χ0) is 13.1. The van der Waals surface area contributed by atoms with Crippen LogP contribution < -0.4 is 0 Å². The van der Waals surface area contributed by atoms with Crippen LogP contribution in [0.2, 0.25) is 0 Å². The van der Waals surface area contributed by atoms with Gasteiger partial charge in [-0.3, -0.25) is 4.79 Å². The Bertz CT molecular complexity index is 529. The largest absolute Gasteiger partial charge is 0.288 e. The van der Waals surface area contributed by atoms with Crippen LogP contribution in [0.4, 0.5) is 4.39 Å². The highest BCUT2D eigenvalue weighted by Crippen LogP contribution is 2.11. The number of hydrogen-bond acceptors (Lipinski definition) is 2. The molecule has 0 saturated heterocycles. The van der Waals surface area contributed by atoms with E-state index in [-0.39, 0.29) is 16.5 Å². The maximum absolute atomic E-state index is 12.8. The van der Waals surface area contributed by atoms with E-state index < -0.39 is 0 Å². The molecule has 0 bridgehead atoms. The third kappa shape index (κ3) is 2.68. The first kappa shape index (κ1) is 12.6. The normalized spacial score (nSPS) is 10.1. The molecule has 0 amide bonds. The molecule has 0 aliphatic heterocycles. The summed E-state index contributed by atoms with van der Waals surface area (Å²) >= 11 is 5.16. The van der Waals surface area contributed by atoms with Crippen LogP contribution in [-0.4, -0.2) is 10.6 Å². The highest BCUT2D eigenvalue weighted by molar-refractivity contribution is 7.82. The molecule has 0 heterocycles. The Labute approximate surface area is 110 Å². The maximum atomic E-state index is 12.8. The molecule has 0 unspecified atom stereocenters. The van der Waals surface area contributed by atoms with E-state index in [1.54, 1.807) is 0 Å². The van der Waals surface area contributed by atoms with Crippen LogP contribution in [0, 0.1) is 12.7 Å². The number of thiocarbonyl (C=S) groups is 1. The minimum absolute atomic E-state index is 0.251. The Morgan fingerprint density at radius 2 is 1.44 bits per heavy atom. The molecule has 2 aromatic rings. The number of ketones is 1. The molecule has 0 saturated carbocycles. The second kappa shape index (κ2) is 5.19. The van der Waals surface area contributed by atoms with Crippen LogP contribution in [0.1, 0.15) is 21.5 Å². The maximum Gasteiger partial charge on any atom is 0.204 e. The predicted octanol–water partition coefficient (Wildman–Crippen LogP) is 3.74. The van der Waals surface area contributed by atoms with Gasteiger partial charge in [0.05, 0.1) is 4.86 Å². The molecule has 0 radical (unpaired) electrons. The van der Waals surface area contributed by atoms with Crippen LogP contribution in [0.15, 0.2) is 48.5 Å². The number of Topliss-reactive ketones (excluding diaryl/α,β-unsaturated/α-hetero) is 1. The first-order valence-corrected chi connectivity index (χ1v) is 5.90. The van der Waals surface area contributed by atoms with E-state index in [0.717, 1.165) is 5.56 Å². The SMILES string of the molecule is Cc1ccc(C(=S)C(=O)c2ccc(F)cc2)cc1. The van der Waals surface area contributed by atoms with Crippen molar-refractivity contribution in [3.63, 3.8) is 0 Å². The predicted molar refractivity (Wildman–Crippen MR) is 73.6 cm³/mol. The number of carbonyl (C=O) groups is 1. The minimum Gasteiger partial charge on any atom is -0.288 e. The summed E-state index contributed by atoms with van der Waals surface area (Å²) in [5.74, 6) is -0.623. The van der Waals surface area contributed by atoms with Gasteiger partial charge < -0.3 is 0 Å². The molecule has 0 aliphatic carbocycles. The molecule has 0 aromatic heterocycles. The van der Waals surface area contributed by atoms with Crippen molar-refractivity contribution in [3.05, 3.63) is 71.0 Å². The molecular weight excluding hydrogens is 247 g/mol. The topological polar surface area (TPSA) is 17.1 Å². The molecule has 0 atom stereocenters. The minimum atomic E-state index is -0.368. The number of halogens is 1. The van der Waals surface area contributed by atoms with Gasteiger partial charge in [-0.25, -0.2) is 4.39 Å². The Hall–Kier alpha value is -1.87. The van der Waals surface area contributed by atoms with Crippen LogP contribution in [0.5, 0.6) is 0 Å². The monoisotopic (exact) mass is 258 g/mol. The molecular formula is C15H11FOS. The van der Waals surface area contributed by atoms with E-state index in [2.05, 4.69) is 0 Å². The van der Waals surface area contributed by atoms with Crippen molar-refractivity contribution >= 4 is 22.9 Å². The van der Waals surface area contributed by atoms with Gasteiger partial charge in [0.15, 0.2) is 0 Å². The van der Waals surface area contributed by atoms with Gasteiger partial charge >= 0.3 is 0 Å². The lowest BCUT2D eigenvalue weighted by Gasteiger charge is -2.04. The molecule has 1 nitrogen and oxygen atoms in total. The lowest BCUT2D eigenvalue weighted by atomic mass is 10.0. The summed E-state index contributed by atoms with van der Waals surface area (Å²) < 4.78 is 12.8. The van der Waals surface area contributed by atoms with Gasteiger partial charge in [-0.1, -0.05) is 42.0 Å². The summed E-state index contributed by atoms with van der Waals surface area (Å²) in [6, 6.07) is 12.8. The molecule has 18 heavy (non-hydrogen) atoms. The average molecular weight is 258 g/mol. The van der Waals surface area contributed by atoms with E-state index in [1.807, 2.05) is 31.2 Å². The van der Waals surface area contributed by atoms with Gasteiger partial charge in [0.25, 0.3) is 0 Å². The lowest BCUT2D eigenvalue weighted by molar-refractivity contribution is 0.106.